The predicted molar refractivity (Wildman–Crippen MR) is 83.2 cm³/mol. The maximum atomic E-state index is 12.1. The number of hydrogen-bond acceptors (Lipinski definition) is 4. The van der Waals surface area contributed by atoms with Gasteiger partial charge in [-0.25, -0.2) is 13.1 Å². The Morgan fingerprint density at radius 3 is 2.45 bits per heavy atom. The molecule has 0 bridgehead atoms. The fourth-order valence-corrected chi connectivity index (χ4v) is 3.00. The van der Waals surface area contributed by atoms with Gasteiger partial charge >= 0.3 is 0 Å². The molecule has 0 aliphatic heterocycles. The first-order valence-corrected chi connectivity index (χ1v) is 8.16. The van der Waals surface area contributed by atoms with Crippen molar-refractivity contribution < 1.29 is 13.3 Å². The molecule has 1 N–H and O–H groups in total. The van der Waals surface area contributed by atoms with Gasteiger partial charge in [0.05, 0.1) is 9.82 Å². The van der Waals surface area contributed by atoms with Crippen molar-refractivity contribution in [2.24, 2.45) is 0 Å². The summed E-state index contributed by atoms with van der Waals surface area (Å²) < 4.78 is 26.7. The molecule has 2 aromatic carbocycles. The highest BCUT2D eigenvalue weighted by Crippen LogP contribution is 2.17. The van der Waals surface area contributed by atoms with Gasteiger partial charge in [-0.3, -0.25) is 10.1 Å². The lowest BCUT2D eigenvalue weighted by Gasteiger charge is -2.07. The van der Waals surface area contributed by atoms with Gasteiger partial charge in [-0.05, 0) is 25.0 Å². The summed E-state index contributed by atoms with van der Waals surface area (Å²) in [6.07, 6.45) is 0.550. The fourth-order valence-electron chi connectivity index (χ4n) is 1.93. The Kier molecular flexibility index (Phi) is 4.89. The van der Waals surface area contributed by atoms with Crippen molar-refractivity contribution in [3.63, 3.8) is 0 Å². The van der Waals surface area contributed by atoms with Crippen molar-refractivity contribution in [1.82, 2.24) is 4.72 Å². The third-order valence-electron chi connectivity index (χ3n) is 3.17. The van der Waals surface area contributed by atoms with Crippen LogP contribution in [0.2, 0.25) is 0 Å². The van der Waals surface area contributed by atoms with Crippen LogP contribution in [0.15, 0.2) is 53.4 Å². The van der Waals surface area contributed by atoms with Crippen LogP contribution in [0.1, 0.15) is 11.1 Å². The normalized spacial score (nSPS) is 11.3. The van der Waals surface area contributed by atoms with E-state index in [1.807, 2.05) is 31.2 Å². The van der Waals surface area contributed by atoms with Crippen molar-refractivity contribution in [3.8, 4) is 0 Å². The smallest absolute Gasteiger partial charge is 0.258 e. The topological polar surface area (TPSA) is 89.3 Å². The van der Waals surface area contributed by atoms with Gasteiger partial charge < -0.3 is 0 Å². The van der Waals surface area contributed by atoms with E-state index in [-0.39, 0.29) is 17.1 Å². The first-order valence-electron chi connectivity index (χ1n) is 6.68. The molecule has 0 radical (unpaired) electrons. The minimum atomic E-state index is -3.75. The highest BCUT2D eigenvalue weighted by Gasteiger charge is 2.16. The molecule has 22 heavy (non-hydrogen) atoms. The highest BCUT2D eigenvalue weighted by molar-refractivity contribution is 7.89. The molecule has 0 aliphatic rings. The minimum absolute atomic E-state index is 0.106. The summed E-state index contributed by atoms with van der Waals surface area (Å²) in [6.45, 7) is 2.21. The number of nitro benzene ring substituents is 1. The second-order valence-electron chi connectivity index (χ2n) is 4.89. The number of hydrogen-bond donors (Lipinski definition) is 1. The molecular weight excluding hydrogens is 304 g/mol. The summed E-state index contributed by atoms with van der Waals surface area (Å²) in [4.78, 5) is 9.97. The number of sulfonamides is 1. The van der Waals surface area contributed by atoms with Crippen LogP contribution >= 0.6 is 0 Å². The number of non-ortho nitro benzene ring substituents is 1. The Labute approximate surface area is 129 Å². The van der Waals surface area contributed by atoms with Crippen LogP contribution in [0, 0.1) is 17.0 Å². The molecule has 0 amide bonds. The van der Waals surface area contributed by atoms with Gasteiger partial charge in [0.2, 0.25) is 10.0 Å². The van der Waals surface area contributed by atoms with Crippen LogP contribution < -0.4 is 4.72 Å². The highest BCUT2D eigenvalue weighted by atomic mass is 32.2. The molecule has 2 aromatic rings. The van der Waals surface area contributed by atoms with Crippen molar-refractivity contribution in [1.29, 1.82) is 0 Å². The molecule has 116 valence electrons. The zero-order valence-electron chi connectivity index (χ0n) is 12.0. The number of rotatable bonds is 6. The van der Waals surface area contributed by atoms with Crippen molar-refractivity contribution in [2.45, 2.75) is 18.2 Å². The van der Waals surface area contributed by atoms with Crippen LogP contribution in [0.3, 0.4) is 0 Å². The molecule has 0 unspecified atom stereocenters. The van der Waals surface area contributed by atoms with E-state index < -0.39 is 14.9 Å². The first kappa shape index (κ1) is 16.1. The second-order valence-corrected chi connectivity index (χ2v) is 6.65. The summed E-state index contributed by atoms with van der Waals surface area (Å²) >= 11 is 0. The lowest BCUT2D eigenvalue weighted by Crippen LogP contribution is -2.26. The molecule has 0 aliphatic carbocycles. The Morgan fingerprint density at radius 1 is 1.14 bits per heavy atom. The minimum Gasteiger partial charge on any atom is -0.258 e. The summed E-state index contributed by atoms with van der Waals surface area (Å²) in [6, 6.07) is 12.8. The lowest BCUT2D eigenvalue weighted by atomic mass is 10.1. The standard InChI is InChI=1S/C15H16N2O4S/c1-12-5-7-13(8-6-12)9-10-16-22(20,21)15-4-2-3-14(11-15)17(18)19/h2-8,11,16H,9-10H2,1H3. The van der Waals surface area contributed by atoms with Crippen molar-refractivity contribution in [2.75, 3.05) is 6.54 Å². The van der Waals surface area contributed by atoms with Crippen LogP contribution in [0.4, 0.5) is 5.69 Å². The molecule has 0 heterocycles. The zero-order chi connectivity index (χ0) is 16.2. The van der Waals surface area contributed by atoms with Gasteiger partial charge in [0.25, 0.3) is 5.69 Å². The molecule has 6 nitrogen and oxygen atoms in total. The van der Waals surface area contributed by atoms with Crippen LogP contribution in [0.25, 0.3) is 0 Å². The monoisotopic (exact) mass is 320 g/mol. The van der Waals surface area contributed by atoms with Gasteiger partial charge in [0, 0.05) is 18.7 Å². The Bertz CT molecular complexity index is 770. The molecule has 0 aromatic heterocycles. The summed E-state index contributed by atoms with van der Waals surface area (Å²) in [5, 5.41) is 10.7. The Hall–Kier alpha value is -2.25. The summed E-state index contributed by atoms with van der Waals surface area (Å²) in [7, 11) is -3.75. The molecular formula is C15H16N2O4S. The quantitative estimate of drug-likeness (QED) is 0.654. The second kappa shape index (κ2) is 6.67. The van der Waals surface area contributed by atoms with Gasteiger partial charge in [0.1, 0.15) is 0 Å². The number of benzene rings is 2. The van der Waals surface area contributed by atoms with Crippen LogP contribution in [-0.2, 0) is 16.4 Å². The van der Waals surface area contributed by atoms with E-state index >= 15 is 0 Å². The maximum Gasteiger partial charge on any atom is 0.270 e. The van der Waals surface area contributed by atoms with E-state index in [0.29, 0.717) is 6.42 Å². The Morgan fingerprint density at radius 2 is 1.82 bits per heavy atom. The predicted octanol–water partition coefficient (Wildman–Crippen LogP) is 2.42. The van der Waals surface area contributed by atoms with Crippen molar-refractivity contribution in [3.05, 3.63) is 69.8 Å². The first-order chi connectivity index (χ1) is 10.4. The summed E-state index contributed by atoms with van der Waals surface area (Å²) in [5.74, 6) is 0. The van der Waals surface area contributed by atoms with E-state index in [0.717, 1.165) is 17.2 Å². The SMILES string of the molecule is Cc1ccc(CCNS(=O)(=O)c2cccc([N+](=O)[O-])c2)cc1. The third-order valence-corrected chi connectivity index (χ3v) is 4.62. The molecule has 0 saturated carbocycles. The Balaban J connectivity index is 2.03. The maximum absolute atomic E-state index is 12.1. The molecule has 0 atom stereocenters. The molecule has 7 heteroatoms. The summed E-state index contributed by atoms with van der Waals surface area (Å²) in [5.41, 5.74) is 1.91. The fraction of sp³-hybridized carbons (Fsp3) is 0.200. The van der Waals surface area contributed by atoms with Gasteiger partial charge in [0.15, 0.2) is 0 Å². The van der Waals surface area contributed by atoms with Gasteiger partial charge in [-0.15, -0.1) is 0 Å². The number of nitrogens with one attached hydrogen (secondary N) is 1. The molecule has 0 spiro atoms. The van der Waals surface area contributed by atoms with Gasteiger partial charge in [-0.2, -0.15) is 0 Å². The van der Waals surface area contributed by atoms with Crippen LogP contribution in [-0.4, -0.2) is 19.9 Å². The largest absolute Gasteiger partial charge is 0.270 e. The van der Waals surface area contributed by atoms with Crippen molar-refractivity contribution >= 4 is 15.7 Å². The van der Waals surface area contributed by atoms with Crippen LogP contribution in [0.5, 0.6) is 0 Å². The molecule has 2 rings (SSSR count). The number of aryl methyl sites for hydroxylation is 1. The molecule has 0 fully saturated rings. The molecule has 0 saturated heterocycles. The average Bonchev–Trinajstić information content (AvgIpc) is 2.49. The van der Waals surface area contributed by atoms with E-state index in [1.54, 1.807) is 0 Å². The number of nitrogens with zero attached hydrogens (tertiary/aromatic N) is 1. The average molecular weight is 320 g/mol. The zero-order valence-corrected chi connectivity index (χ0v) is 12.8. The van der Waals surface area contributed by atoms with Gasteiger partial charge in [-0.1, -0.05) is 35.9 Å². The van der Waals surface area contributed by atoms with E-state index in [9.17, 15) is 18.5 Å². The lowest BCUT2D eigenvalue weighted by molar-refractivity contribution is -0.385. The van der Waals surface area contributed by atoms with E-state index in [1.165, 1.54) is 18.2 Å². The van der Waals surface area contributed by atoms with E-state index in [2.05, 4.69) is 4.72 Å². The van der Waals surface area contributed by atoms with E-state index in [4.69, 9.17) is 0 Å². The third kappa shape index (κ3) is 4.12. The number of nitro groups is 1.